The first-order valence-electron chi connectivity index (χ1n) is 9.27. The highest BCUT2D eigenvalue weighted by molar-refractivity contribution is 5.78. The number of rotatable bonds is 8. The molecule has 1 amide bonds. The molecule has 1 aromatic rings. The average Bonchev–Trinajstić information content (AvgIpc) is 2.56. The van der Waals surface area contributed by atoms with Gasteiger partial charge in [-0.25, -0.2) is 0 Å². The molecule has 0 aromatic heterocycles. The zero-order valence-corrected chi connectivity index (χ0v) is 15.4. The van der Waals surface area contributed by atoms with Gasteiger partial charge in [-0.3, -0.25) is 4.79 Å². The lowest BCUT2D eigenvalue weighted by atomic mass is 9.96. The highest BCUT2D eigenvalue weighted by Gasteiger charge is 2.20. The number of amides is 1. The fraction of sp³-hybridized carbons (Fsp3) is 0.650. The Morgan fingerprint density at radius 1 is 1.25 bits per heavy atom. The van der Waals surface area contributed by atoms with Crippen molar-refractivity contribution >= 4 is 5.91 Å². The number of nitrogens with zero attached hydrogens (tertiary/aromatic N) is 1. The lowest BCUT2D eigenvalue weighted by Crippen LogP contribution is -2.40. The molecule has 0 aliphatic carbocycles. The maximum absolute atomic E-state index is 12.1. The molecule has 0 bridgehead atoms. The molecule has 0 atom stereocenters. The van der Waals surface area contributed by atoms with E-state index < -0.39 is 0 Å². The van der Waals surface area contributed by atoms with Crippen molar-refractivity contribution < 1.29 is 9.53 Å². The van der Waals surface area contributed by atoms with E-state index >= 15 is 0 Å². The van der Waals surface area contributed by atoms with Crippen LogP contribution in [-0.2, 0) is 11.2 Å². The van der Waals surface area contributed by atoms with Crippen molar-refractivity contribution in [2.45, 2.75) is 40.0 Å². The summed E-state index contributed by atoms with van der Waals surface area (Å²) in [7, 11) is 0. The van der Waals surface area contributed by atoms with Crippen LogP contribution in [0.3, 0.4) is 0 Å². The van der Waals surface area contributed by atoms with E-state index in [-0.39, 0.29) is 5.91 Å². The minimum absolute atomic E-state index is 0.115. The molecule has 4 heteroatoms. The van der Waals surface area contributed by atoms with Crippen molar-refractivity contribution in [1.82, 2.24) is 10.2 Å². The van der Waals surface area contributed by atoms with Gasteiger partial charge in [-0.15, -0.1) is 0 Å². The van der Waals surface area contributed by atoms with Crippen LogP contribution in [0.25, 0.3) is 0 Å². The van der Waals surface area contributed by atoms with Gasteiger partial charge < -0.3 is 15.0 Å². The molecule has 24 heavy (non-hydrogen) atoms. The quantitative estimate of drug-likeness (QED) is 0.795. The normalized spacial score (nSPS) is 16.3. The summed E-state index contributed by atoms with van der Waals surface area (Å²) in [5.41, 5.74) is 1.03. The van der Waals surface area contributed by atoms with Gasteiger partial charge in [-0.05, 0) is 62.4 Å². The van der Waals surface area contributed by atoms with Crippen LogP contribution in [0.2, 0.25) is 0 Å². The SMILES string of the molecule is CCOc1ccc(CC(=O)NCC2CCN(CC(C)C)CC2)cc1. The van der Waals surface area contributed by atoms with Crippen LogP contribution in [0.15, 0.2) is 24.3 Å². The van der Waals surface area contributed by atoms with Gasteiger partial charge >= 0.3 is 0 Å². The fourth-order valence-electron chi connectivity index (χ4n) is 3.27. The largest absolute Gasteiger partial charge is 0.494 e. The molecule has 0 unspecified atom stereocenters. The first-order chi connectivity index (χ1) is 11.6. The molecule has 4 nitrogen and oxygen atoms in total. The molecule has 1 aliphatic rings. The zero-order valence-electron chi connectivity index (χ0n) is 15.4. The number of ether oxygens (including phenoxy) is 1. The molecule has 2 rings (SSSR count). The number of benzene rings is 1. The number of hydrogen-bond donors (Lipinski definition) is 1. The number of hydrogen-bond acceptors (Lipinski definition) is 3. The van der Waals surface area contributed by atoms with Gasteiger partial charge in [0.2, 0.25) is 5.91 Å². The lowest BCUT2D eigenvalue weighted by Gasteiger charge is -2.33. The van der Waals surface area contributed by atoms with Crippen LogP contribution < -0.4 is 10.1 Å². The van der Waals surface area contributed by atoms with Crippen molar-refractivity contribution in [3.63, 3.8) is 0 Å². The minimum atomic E-state index is 0.115. The molecule has 1 aromatic carbocycles. The van der Waals surface area contributed by atoms with Crippen LogP contribution in [0.5, 0.6) is 5.75 Å². The summed E-state index contributed by atoms with van der Waals surface area (Å²) in [6.45, 7) is 11.5. The van der Waals surface area contributed by atoms with Crippen molar-refractivity contribution in [3.8, 4) is 5.75 Å². The molecule has 1 fully saturated rings. The summed E-state index contributed by atoms with van der Waals surface area (Å²) in [6.07, 6.45) is 2.82. The van der Waals surface area contributed by atoms with Crippen LogP contribution in [0.1, 0.15) is 39.2 Å². The van der Waals surface area contributed by atoms with E-state index in [1.807, 2.05) is 31.2 Å². The molecule has 1 aliphatic heterocycles. The van der Waals surface area contributed by atoms with E-state index in [4.69, 9.17) is 4.74 Å². The van der Waals surface area contributed by atoms with Gasteiger partial charge in [0.15, 0.2) is 0 Å². The Labute approximate surface area is 146 Å². The first-order valence-corrected chi connectivity index (χ1v) is 9.27. The smallest absolute Gasteiger partial charge is 0.224 e. The summed E-state index contributed by atoms with van der Waals surface area (Å²) in [5, 5.41) is 3.11. The number of piperidine rings is 1. The summed E-state index contributed by atoms with van der Waals surface area (Å²) >= 11 is 0. The molecular formula is C20H32N2O2. The predicted molar refractivity (Wildman–Crippen MR) is 98.3 cm³/mol. The van der Waals surface area contributed by atoms with Gasteiger partial charge in [-0.1, -0.05) is 26.0 Å². The molecule has 0 saturated carbocycles. The number of carbonyl (C=O) groups is 1. The Bertz CT molecular complexity index is 491. The molecule has 0 radical (unpaired) electrons. The summed E-state index contributed by atoms with van der Waals surface area (Å²) in [4.78, 5) is 14.7. The maximum Gasteiger partial charge on any atom is 0.224 e. The van der Waals surface area contributed by atoms with E-state index in [0.29, 0.717) is 18.9 Å². The maximum atomic E-state index is 12.1. The third kappa shape index (κ3) is 6.52. The van der Waals surface area contributed by atoms with Crippen LogP contribution in [-0.4, -0.2) is 43.6 Å². The number of nitrogens with one attached hydrogen (secondary N) is 1. The fourth-order valence-corrected chi connectivity index (χ4v) is 3.27. The molecular weight excluding hydrogens is 300 g/mol. The second kappa shape index (κ2) is 9.67. The van der Waals surface area contributed by atoms with Crippen LogP contribution >= 0.6 is 0 Å². The number of likely N-dealkylation sites (tertiary alicyclic amines) is 1. The predicted octanol–water partition coefficient (Wildman–Crippen LogP) is 3.11. The standard InChI is InChI=1S/C20H32N2O2/c1-4-24-19-7-5-17(6-8-19)13-20(23)21-14-18-9-11-22(12-10-18)15-16(2)3/h5-8,16,18H,4,9-15H2,1-3H3,(H,21,23). The van der Waals surface area contributed by atoms with E-state index in [1.165, 1.54) is 19.4 Å². The molecule has 1 saturated heterocycles. The first kappa shape index (κ1) is 18.8. The van der Waals surface area contributed by atoms with E-state index in [0.717, 1.165) is 36.9 Å². The van der Waals surface area contributed by atoms with Crippen LogP contribution in [0, 0.1) is 11.8 Å². The average molecular weight is 332 g/mol. The van der Waals surface area contributed by atoms with Gasteiger partial charge in [-0.2, -0.15) is 0 Å². The van der Waals surface area contributed by atoms with Crippen molar-refractivity contribution in [3.05, 3.63) is 29.8 Å². The summed E-state index contributed by atoms with van der Waals surface area (Å²) in [5.74, 6) is 2.33. The van der Waals surface area contributed by atoms with E-state index in [1.54, 1.807) is 0 Å². The second-order valence-corrected chi connectivity index (χ2v) is 7.20. The number of carbonyl (C=O) groups excluding carboxylic acids is 1. The summed E-state index contributed by atoms with van der Waals surface area (Å²) in [6, 6.07) is 7.79. The highest BCUT2D eigenvalue weighted by atomic mass is 16.5. The Morgan fingerprint density at radius 2 is 1.92 bits per heavy atom. The van der Waals surface area contributed by atoms with Gasteiger partial charge in [0, 0.05) is 13.1 Å². The second-order valence-electron chi connectivity index (χ2n) is 7.20. The summed E-state index contributed by atoms with van der Waals surface area (Å²) < 4.78 is 5.42. The van der Waals surface area contributed by atoms with Crippen LogP contribution in [0.4, 0.5) is 0 Å². The molecule has 1 N–H and O–H groups in total. The highest BCUT2D eigenvalue weighted by Crippen LogP contribution is 2.17. The topological polar surface area (TPSA) is 41.6 Å². The van der Waals surface area contributed by atoms with E-state index in [2.05, 4.69) is 24.1 Å². The van der Waals surface area contributed by atoms with Gasteiger partial charge in [0.05, 0.1) is 13.0 Å². The Balaban J connectivity index is 1.66. The zero-order chi connectivity index (χ0) is 17.4. The Morgan fingerprint density at radius 3 is 2.50 bits per heavy atom. The Kier molecular flexibility index (Phi) is 7.57. The minimum Gasteiger partial charge on any atom is -0.494 e. The van der Waals surface area contributed by atoms with Gasteiger partial charge in [0.1, 0.15) is 5.75 Å². The molecule has 134 valence electrons. The van der Waals surface area contributed by atoms with Gasteiger partial charge in [0.25, 0.3) is 0 Å². The van der Waals surface area contributed by atoms with Crippen molar-refractivity contribution in [2.24, 2.45) is 11.8 Å². The van der Waals surface area contributed by atoms with Crippen molar-refractivity contribution in [2.75, 3.05) is 32.8 Å². The molecule has 1 heterocycles. The monoisotopic (exact) mass is 332 g/mol. The third-order valence-electron chi connectivity index (χ3n) is 4.52. The van der Waals surface area contributed by atoms with E-state index in [9.17, 15) is 4.79 Å². The third-order valence-corrected chi connectivity index (χ3v) is 4.52. The lowest BCUT2D eigenvalue weighted by molar-refractivity contribution is -0.120. The Hall–Kier alpha value is -1.55. The molecule has 0 spiro atoms. The van der Waals surface area contributed by atoms with Crippen molar-refractivity contribution in [1.29, 1.82) is 0 Å².